The molecule has 0 spiro atoms. The summed E-state index contributed by atoms with van der Waals surface area (Å²) in [5, 5.41) is 4.99. The zero-order valence-corrected chi connectivity index (χ0v) is 11.6. The van der Waals surface area contributed by atoms with E-state index in [1.165, 1.54) is 11.3 Å². The summed E-state index contributed by atoms with van der Waals surface area (Å²) >= 11 is 1.52. The lowest BCUT2D eigenvalue weighted by molar-refractivity contribution is 0.576. The Hall–Kier alpha value is -0.500. The average molecular weight is 277 g/mol. The lowest BCUT2D eigenvalue weighted by Crippen LogP contribution is -2.33. The van der Waals surface area contributed by atoms with Crippen molar-refractivity contribution in [1.29, 1.82) is 0 Å². The van der Waals surface area contributed by atoms with Crippen LogP contribution in [-0.4, -0.2) is 38.8 Å². The van der Waals surface area contributed by atoms with Gasteiger partial charge in [-0.25, -0.2) is 18.1 Å². The number of hydrogen-bond acceptors (Lipinski definition) is 5. The van der Waals surface area contributed by atoms with Gasteiger partial charge in [0.25, 0.3) is 0 Å². The summed E-state index contributed by atoms with van der Waals surface area (Å²) in [7, 11) is -3.15. The van der Waals surface area contributed by atoms with Crippen molar-refractivity contribution >= 4 is 21.4 Å². The van der Waals surface area contributed by atoms with Gasteiger partial charge in [0.2, 0.25) is 10.0 Å². The van der Waals surface area contributed by atoms with Gasteiger partial charge in [0, 0.05) is 24.9 Å². The van der Waals surface area contributed by atoms with E-state index in [-0.39, 0.29) is 5.75 Å². The van der Waals surface area contributed by atoms with E-state index in [1.807, 2.05) is 12.3 Å². The molecule has 7 heteroatoms. The molecule has 0 aliphatic carbocycles. The molecule has 1 heterocycles. The number of nitrogens with zero attached hydrogens (tertiary/aromatic N) is 1. The molecule has 17 heavy (non-hydrogen) atoms. The minimum atomic E-state index is -3.15. The Morgan fingerprint density at radius 3 is 2.82 bits per heavy atom. The van der Waals surface area contributed by atoms with Crippen molar-refractivity contribution in [2.24, 2.45) is 0 Å². The molecule has 0 atom stereocenters. The van der Waals surface area contributed by atoms with Gasteiger partial charge in [0.05, 0.1) is 17.0 Å². The fraction of sp³-hybridized carbons (Fsp3) is 0.700. The second kappa shape index (κ2) is 7.75. The van der Waals surface area contributed by atoms with Gasteiger partial charge in [0.15, 0.2) is 0 Å². The molecule has 0 fully saturated rings. The normalized spacial score (nSPS) is 11.8. The van der Waals surface area contributed by atoms with Crippen LogP contribution in [0, 0.1) is 0 Å². The highest BCUT2D eigenvalue weighted by Gasteiger charge is 2.08. The molecule has 0 unspecified atom stereocenters. The van der Waals surface area contributed by atoms with Gasteiger partial charge < -0.3 is 5.32 Å². The molecule has 0 bridgehead atoms. The van der Waals surface area contributed by atoms with Gasteiger partial charge in [0.1, 0.15) is 0 Å². The minimum absolute atomic E-state index is 0.129. The standard InChI is InChI=1S/C10H19N3O2S2/c1-2-4-11-6-7-17(14,15)13-5-3-10-8-16-9-12-10/h8-9,11,13H,2-7H2,1H3. The van der Waals surface area contributed by atoms with E-state index >= 15 is 0 Å². The highest BCUT2D eigenvalue weighted by molar-refractivity contribution is 7.89. The number of thiazole rings is 1. The molecule has 0 aliphatic rings. The van der Waals surface area contributed by atoms with E-state index in [0.717, 1.165) is 18.7 Å². The Labute approximate surface area is 107 Å². The summed E-state index contributed by atoms with van der Waals surface area (Å²) < 4.78 is 25.7. The minimum Gasteiger partial charge on any atom is -0.316 e. The molecule has 1 aromatic rings. The van der Waals surface area contributed by atoms with E-state index in [2.05, 4.69) is 15.0 Å². The zero-order chi connectivity index (χ0) is 12.6. The molecule has 0 saturated heterocycles. The van der Waals surface area contributed by atoms with Crippen LogP contribution >= 0.6 is 11.3 Å². The summed E-state index contributed by atoms with van der Waals surface area (Å²) in [5.41, 5.74) is 2.68. The Balaban J connectivity index is 2.16. The Kier molecular flexibility index (Phi) is 6.64. The third kappa shape index (κ3) is 6.72. The summed E-state index contributed by atoms with van der Waals surface area (Å²) in [4.78, 5) is 4.09. The number of rotatable bonds is 9. The second-order valence-corrected chi connectivity index (χ2v) is 6.34. The highest BCUT2D eigenvalue weighted by Crippen LogP contribution is 2.00. The van der Waals surface area contributed by atoms with Gasteiger partial charge in [-0.1, -0.05) is 6.92 Å². The monoisotopic (exact) mass is 277 g/mol. The van der Waals surface area contributed by atoms with Gasteiger partial charge in [-0.05, 0) is 13.0 Å². The second-order valence-electron chi connectivity index (χ2n) is 3.69. The molecule has 0 aliphatic heterocycles. The molecule has 0 saturated carbocycles. The largest absolute Gasteiger partial charge is 0.316 e. The fourth-order valence-corrected chi connectivity index (χ4v) is 2.84. The maximum Gasteiger partial charge on any atom is 0.212 e. The Morgan fingerprint density at radius 2 is 2.18 bits per heavy atom. The van der Waals surface area contributed by atoms with E-state index in [4.69, 9.17) is 0 Å². The van der Waals surface area contributed by atoms with Crippen molar-refractivity contribution in [3.8, 4) is 0 Å². The molecule has 2 N–H and O–H groups in total. The number of sulfonamides is 1. The first-order valence-corrected chi connectivity index (χ1v) is 8.28. The quantitative estimate of drug-likeness (QED) is 0.649. The first kappa shape index (κ1) is 14.6. The maximum atomic E-state index is 11.6. The molecule has 1 aromatic heterocycles. The number of hydrogen-bond donors (Lipinski definition) is 2. The van der Waals surface area contributed by atoms with Crippen molar-refractivity contribution < 1.29 is 8.42 Å². The van der Waals surface area contributed by atoms with Crippen LogP contribution in [0.4, 0.5) is 0 Å². The van der Waals surface area contributed by atoms with Crippen LogP contribution < -0.4 is 10.0 Å². The fourth-order valence-electron chi connectivity index (χ4n) is 1.28. The molecule has 1 rings (SSSR count). The Morgan fingerprint density at radius 1 is 1.35 bits per heavy atom. The first-order chi connectivity index (χ1) is 8.14. The topological polar surface area (TPSA) is 71.1 Å². The van der Waals surface area contributed by atoms with Crippen LogP contribution in [-0.2, 0) is 16.4 Å². The van der Waals surface area contributed by atoms with Gasteiger partial charge >= 0.3 is 0 Å². The van der Waals surface area contributed by atoms with Crippen LogP contribution in [0.3, 0.4) is 0 Å². The smallest absolute Gasteiger partial charge is 0.212 e. The lowest BCUT2D eigenvalue weighted by atomic mass is 10.3. The number of nitrogens with one attached hydrogen (secondary N) is 2. The van der Waals surface area contributed by atoms with Crippen molar-refractivity contribution in [3.05, 3.63) is 16.6 Å². The van der Waals surface area contributed by atoms with E-state index in [0.29, 0.717) is 19.5 Å². The molecular formula is C10H19N3O2S2. The molecule has 98 valence electrons. The van der Waals surface area contributed by atoms with E-state index in [1.54, 1.807) is 5.51 Å². The SMILES string of the molecule is CCCNCCS(=O)(=O)NCCc1cscn1. The summed E-state index contributed by atoms with van der Waals surface area (Å²) in [6, 6.07) is 0. The molecule has 0 radical (unpaired) electrons. The van der Waals surface area contributed by atoms with Crippen LogP contribution in [0.15, 0.2) is 10.9 Å². The van der Waals surface area contributed by atoms with Gasteiger partial charge in [-0.3, -0.25) is 0 Å². The first-order valence-electron chi connectivity index (χ1n) is 5.69. The third-order valence-electron chi connectivity index (χ3n) is 2.16. The highest BCUT2D eigenvalue weighted by atomic mass is 32.2. The van der Waals surface area contributed by atoms with Crippen molar-refractivity contribution in [3.63, 3.8) is 0 Å². The van der Waals surface area contributed by atoms with Crippen LogP contribution in [0.5, 0.6) is 0 Å². The lowest BCUT2D eigenvalue weighted by Gasteiger charge is -2.06. The predicted octanol–water partition coefficient (Wildman–Crippen LogP) is 0.605. The van der Waals surface area contributed by atoms with E-state index < -0.39 is 10.0 Å². The average Bonchev–Trinajstić information content (AvgIpc) is 2.77. The third-order valence-corrected chi connectivity index (χ3v) is 4.18. The molecular weight excluding hydrogens is 258 g/mol. The zero-order valence-electron chi connectivity index (χ0n) is 9.98. The Bertz CT molecular complexity index is 390. The molecule has 0 amide bonds. The van der Waals surface area contributed by atoms with Crippen LogP contribution in [0.2, 0.25) is 0 Å². The molecule has 5 nitrogen and oxygen atoms in total. The number of aromatic nitrogens is 1. The summed E-state index contributed by atoms with van der Waals surface area (Å²) in [6.07, 6.45) is 1.66. The molecule has 0 aromatic carbocycles. The van der Waals surface area contributed by atoms with Crippen molar-refractivity contribution in [2.45, 2.75) is 19.8 Å². The van der Waals surface area contributed by atoms with Gasteiger partial charge in [-0.2, -0.15) is 0 Å². The maximum absolute atomic E-state index is 11.6. The summed E-state index contributed by atoms with van der Waals surface area (Å²) in [5.74, 6) is 0.129. The van der Waals surface area contributed by atoms with Gasteiger partial charge in [-0.15, -0.1) is 11.3 Å². The summed E-state index contributed by atoms with van der Waals surface area (Å²) in [6.45, 7) is 3.82. The van der Waals surface area contributed by atoms with E-state index in [9.17, 15) is 8.42 Å². The van der Waals surface area contributed by atoms with Crippen molar-refractivity contribution in [1.82, 2.24) is 15.0 Å². The van der Waals surface area contributed by atoms with Crippen molar-refractivity contribution in [2.75, 3.05) is 25.4 Å². The van der Waals surface area contributed by atoms with Crippen LogP contribution in [0.25, 0.3) is 0 Å². The predicted molar refractivity (Wildman–Crippen MR) is 70.8 cm³/mol. The van der Waals surface area contributed by atoms with Crippen LogP contribution in [0.1, 0.15) is 19.0 Å².